The van der Waals surface area contributed by atoms with E-state index in [4.69, 9.17) is 5.73 Å². The topological polar surface area (TPSA) is 66.6 Å². The number of nitrogen functional groups attached to an aromatic ring is 1. The van der Waals surface area contributed by atoms with Gasteiger partial charge in [-0.3, -0.25) is 0 Å². The van der Waals surface area contributed by atoms with E-state index in [9.17, 15) is 8.42 Å². The highest BCUT2D eigenvalue weighted by molar-refractivity contribution is 7.88. The second-order valence-corrected chi connectivity index (χ2v) is 8.51. The fourth-order valence-electron chi connectivity index (χ4n) is 3.71. The number of nitrogens with zero attached hydrogens (tertiary/aromatic N) is 2. The van der Waals surface area contributed by atoms with Crippen molar-refractivity contribution in [2.75, 3.05) is 43.1 Å². The van der Waals surface area contributed by atoms with Gasteiger partial charge in [-0.05, 0) is 49.3 Å². The van der Waals surface area contributed by atoms with Crippen molar-refractivity contribution in [3.8, 4) is 0 Å². The minimum atomic E-state index is -3.07. The van der Waals surface area contributed by atoms with Crippen molar-refractivity contribution in [3.63, 3.8) is 0 Å². The molecule has 130 valence electrons. The average molecular weight is 360 g/mol. The Bertz CT molecular complexity index is 651. The molecule has 0 aliphatic carbocycles. The molecule has 1 fully saturated rings. The van der Waals surface area contributed by atoms with Crippen LogP contribution < -0.4 is 10.6 Å². The van der Waals surface area contributed by atoms with E-state index in [2.05, 4.69) is 11.0 Å². The number of hydrogen-bond donors (Lipinski definition) is 1. The van der Waals surface area contributed by atoms with Crippen LogP contribution in [0.5, 0.6) is 0 Å². The van der Waals surface area contributed by atoms with Gasteiger partial charge in [0, 0.05) is 37.6 Å². The van der Waals surface area contributed by atoms with Gasteiger partial charge in [-0.1, -0.05) is 6.07 Å². The Morgan fingerprint density at radius 3 is 2.78 bits per heavy atom. The van der Waals surface area contributed by atoms with Crippen LogP contribution in [-0.2, 0) is 16.4 Å². The molecule has 0 saturated carbocycles. The first-order chi connectivity index (χ1) is 10.4. The summed E-state index contributed by atoms with van der Waals surface area (Å²) in [5.74, 6) is 0.399. The van der Waals surface area contributed by atoms with Crippen LogP contribution in [0.1, 0.15) is 24.8 Å². The maximum absolute atomic E-state index is 11.8. The van der Waals surface area contributed by atoms with Gasteiger partial charge in [-0.25, -0.2) is 12.7 Å². The van der Waals surface area contributed by atoms with Gasteiger partial charge in [-0.2, -0.15) is 0 Å². The lowest BCUT2D eigenvalue weighted by atomic mass is 9.95. The van der Waals surface area contributed by atoms with Crippen LogP contribution in [-0.4, -0.2) is 45.2 Å². The van der Waals surface area contributed by atoms with Crippen LogP contribution in [0, 0.1) is 5.92 Å². The second kappa shape index (κ2) is 7.28. The second-order valence-electron chi connectivity index (χ2n) is 6.52. The van der Waals surface area contributed by atoms with E-state index in [0.29, 0.717) is 19.0 Å². The molecule has 1 atom stereocenters. The van der Waals surface area contributed by atoms with Crippen molar-refractivity contribution in [3.05, 3.63) is 23.8 Å². The lowest BCUT2D eigenvalue weighted by Crippen LogP contribution is -2.44. The number of anilines is 2. The number of halogens is 1. The van der Waals surface area contributed by atoms with E-state index < -0.39 is 10.0 Å². The van der Waals surface area contributed by atoms with Crippen LogP contribution in [0.3, 0.4) is 0 Å². The summed E-state index contributed by atoms with van der Waals surface area (Å²) in [4.78, 5) is 2.39. The summed E-state index contributed by atoms with van der Waals surface area (Å²) in [6, 6.07) is 6.12. The predicted molar refractivity (Wildman–Crippen MR) is 97.8 cm³/mol. The third kappa shape index (κ3) is 4.11. The Kier molecular flexibility index (Phi) is 5.81. The lowest BCUT2D eigenvalue weighted by Gasteiger charge is -2.38. The molecule has 1 aromatic rings. The number of nitrogens with two attached hydrogens (primary N) is 1. The van der Waals surface area contributed by atoms with Crippen LogP contribution in [0.15, 0.2) is 18.2 Å². The lowest BCUT2D eigenvalue weighted by molar-refractivity contribution is 0.268. The number of benzene rings is 1. The normalized spacial score (nSPS) is 22.3. The van der Waals surface area contributed by atoms with Gasteiger partial charge >= 0.3 is 0 Å². The molecule has 1 aromatic carbocycles. The Labute approximate surface area is 145 Å². The number of sulfonamides is 1. The van der Waals surface area contributed by atoms with E-state index in [1.807, 2.05) is 12.1 Å². The van der Waals surface area contributed by atoms with E-state index >= 15 is 0 Å². The number of rotatable bonds is 3. The molecule has 2 aliphatic heterocycles. The maximum Gasteiger partial charge on any atom is 0.211 e. The van der Waals surface area contributed by atoms with Crippen molar-refractivity contribution in [1.82, 2.24) is 4.31 Å². The first-order valence-electron chi connectivity index (χ1n) is 8.02. The Morgan fingerprint density at radius 2 is 2.04 bits per heavy atom. The fourth-order valence-corrected chi connectivity index (χ4v) is 4.65. The molecule has 2 heterocycles. The molecule has 0 spiro atoms. The molecular weight excluding hydrogens is 334 g/mol. The summed E-state index contributed by atoms with van der Waals surface area (Å²) in [5, 5.41) is 0. The molecule has 5 nitrogen and oxygen atoms in total. The molecule has 1 saturated heterocycles. The minimum Gasteiger partial charge on any atom is -0.398 e. The number of piperidine rings is 1. The molecule has 3 rings (SSSR count). The Balaban J connectivity index is 0.00000192. The number of hydrogen-bond acceptors (Lipinski definition) is 4. The summed E-state index contributed by atoms with van der Waals surface area (Å²) in [5.41, 5.74) is 9.47. The minimum absolute atomic E-state index is 0. The van der Waals surface area contributed by atoms with Crippen molar-refractivity contribution < 1.29 is 8.42 Å². The summed E-state index contributed by atoms with van der Waals surface area (Å²) < 4.78 is 25.2. The zero-order valence-corrected chi connectivity index (χ0v) is 15.2. The van der Waals surface area contributed by atoms with Gasteiger partial charge in [0.15, 0.2) is 0 Å². The zero-order valence-electron chi connectivity index (χ0n) is 13.6. The van der Waals surface area contributed by atoms with Crippen LogP contribution in [0.4, 0.5) is 11.4 Å². The smallest absolute Gasteiger partial charge is 0.211 e. The standard InChI is InChI=1S/C16H25N3O2S.ClH/c1-22(20,21)19-10-3-5-13(12-19)11-18-9-4-6-14-15(17)7-2-8-16(14)18;/h2,7-8,13H,3-6,9-12,17H2,1H3;1H. The van der Waals surface area contributed by atoms with Gasteiger partial charge in [0.2, 0.25) is 10.0 Å². The molecule has 0 radical (unpaired) electrons. The van der Waals surface area contributed by atoms with E-state index in [-0.39, 0.29) is 12.4 Å². The maximum atomic E-state index is 11.8. The molecule has 2 N–H and O–H groups in total. The SMILES string of the molecule is CS(=O)(=O)N1CCCC(CN2CCCc3c(N)cccc32)C1.Cl. The third-order valence-corrected chi connectivity index (χ3v) is 6.08. The molecule has 23 heavy (non-hydrogen) atoms. The summed E-state index contributed by atoms with van der Waals surface area (Å²) >= 11 is 0. The Morgan fingerprint density at radius 1 is 1.26 bits per heavy atom. The zero-order chi connectivity index (χ0) is 15.7. The quantitative estimate of drug-likeness (QED) is 0.839. The fraction of sp³-hybridized carbons (Fsp3) is 0.625. The summed E-state index contributed by atoms with van der Waals surface area (Å²) in [7, 11) is -3.07. The molecule has 7 heteroatoms. The van der Waals surface area contributed by atoms with Gasteiger partial charge in [0.1, 0.15) is 0 Å². The van der Waals surface area contributed by atoms with Gasteiger partial charge in [0.25, 0.3) is 0 Å². The predicted octanol–water partition coefficient (Wildman–Crippen LogP) is 2.11. The summed E-state index contributed by atoms with van der Waals surface area (Å²) in [6.07, 6.45) is 5.52. The van der Waals surface area contributed by atoms with E-state index in [1.165, 1.54) is 17.5 Å². The molecule has 0 amide bonds. The van der Waals surface area contributed by atoms with Crippen molar-refractivity contribution in [2.45, 2.75) is 25.7 Å². The first kappa shape index (κ1) is 18.4. The summed E-state index contributed by atoms with van der Waals surface area (Å²) in [6.45, 7) is 3.26. The van der Waals surface area contributed by atoms with Crippen LogP contribution in [0.2, 0.25) is 0 Å². The monoisotopic (exact) mass is 359 g/mol. The van der Waals surface area contributed by atoms with Crippen LogP contribution >= 0.6 is 12.4 Å². The van der Waals surface area contributed by atoms with Crippen LogP contribution in [0.25, 0.3) is 0 Å². The molecule has 0 bridgehead atoms. The Hall–Kier alpha value is -0.980. The highest BCUT2D eigenvalue weighted by atomic mass is 35.5. The first-order valence-corrected chi connectivity index (χ1v) is 9.87. The van der Waals surface area contributed by atoms with Crippen molar-refractivity contribution in [2.24, 2.45) is 5.92 Å². The van der Waals surface area contributed by atoms with E-state index in [1.54, 1.807) is 4.31 Å². The van der Waals surface area contributed by atoms with E-state index in [0.717, 1.165) is 44.5 Å². The average Bonchev–Trinajstić information content (AvgIpc) is 2.48. The van der Waals surface area contributed by atoms with Crippen molar-refractivity contribution in [1.29, 1.82) is 0 Å². The highest BCUT2D eigenvalue weighted by Gasteiger charge is 2.28. The molecule has 0 aromatic heterocycles. The molecular formula is C16H26ClN3O2S. The van der Waals surface area contributed by atoms with Gasteiger partial charge in [0.05, 0.1) is 6.26 Å². The molecule has 2 aliphatic rings. The number of fused-ring (bicyclic) bond motifs is 1. The van der Waals surface area contributed by atoms with Gasteiger partial charge in [-0.15, -0.1) is 12.4 Å². The highest BCUT2D eigenvalue weighted by Crippen LogP contribution is 2.32. The molecule has 1 unspecified atom stereocenters. The largest absolute Gasteiger partial charge is 0.398 e. The van der Waals surface area contributed by atoms with Gasteiger partial charge < -0.3 is 10.6 Å². The third-order valence-electron chi connectivity index (χ3n) is 4.81. The van der Waals surface area contributed by atoms with Crippen molar-refractivity contribution >= 4 is 33.8 Å².